The maximum absolute atomic E-state index is 13.6. The van der Waals surface area contributed by atoms with Crippen LogP contribution in [0.15, 0.2) is 6.07 Å². The normalized spacial score (nSPS) is 15.0. The van der Waals surface area contributed by atoms with Crippen molar-refractivity contribution in [2.75, 3.05) is 0 Å². The first-order valence-electron chi connectivity index (χ1n) is 4.69. The van der Waals surface area contributed by atoms with Crippen molar-refractivity contribution in [3.8, 4) is 0 Å². The largest absolute Gasteiger partial charge is 0.298 e. The molecule has 1 aliphatic carbocycles. The summed E-state index contributed by atoms with van der Waals surface area (Å²) in [5.74, 6) is -0.346. The van der Waals surface area contributed by atoms with Gasteiger partial charge < -0.3 is 0 Å². The quantitative estimate of drug-likeness (QED) is 0.575. The van der Waals surface area contributed by atoms with Crippen molar-refractivity contribution in [2.24, 2.45) is 0 Å². The smallest absolute Gasteiger partial charge is 0.153 e. The number of aryl methyl sites for hydroxylation is 1. The number of benzene rings is 1. The number of carbonyl (C=O) groups is 1. The van der Waals surface area contributed by atoms with Crippen LogP contribution in [0.4, 0.5) is 4.39 Å². The van der Waals surface area contributed by atoms with Crippen LogP contribution in [0.1, 0.15) is 34.3 Å². The molecule has 2 rings (SSSR count). The van der Waals surface area contributed by atoms with E-state index in [-0.39, 0.29) is 11.4 Å². The monoisotopic (exact) mass is 304 g/mol. The standard InChI is InChI=1S/C11H10FIO/c12-11-9(6-14)8-4-2-1-3-7(8)5-10(11)13/h5-6H,1-4H2. The van der Waals surface area contributed by atoms with Crippen molar-refractivity contribution >= 4 is 28.9 Å². The molecule has 0 fully saturated rings. The zero-order valence-corrected chi connectivity index (χ0v) is 9.80. The highest BCUT2D eigenvalue weighted by Crippen LogP contribution is 2.28. The van der Waals surface area contributed by atoms with Crippen molar-refractivity contribution < 1.29 is 9.18 Å². The lowest BCUT2D eigenvalue weighted by Gasteiger charge is -2.18. The summed E-state index contributed by atoms with van der Waals surface area (Å²) in [7, 11) is 0. The van der Waals surface area contributed by atoms with Gasteiger partial charge in [-0.1, -0.05) is 0 Å². The van der Waals surface area contributed by atoms with Gasteiger partial charge in [-0.05, 0) is 65.5 Å². The predicted molar refractivity (Wildman–Crippen MR) is 61.1 cm³/mol. The van der Waals surface area contributed by atoms with Crippen LogP contribution in [-0.2, 0) is 12.8 Å². The zero-order valence-electron chi connectivity index (χ0n) is 7.65. The van der Waals surface area contributed by atoms with Crippen LogP contribution in [-0.4, -0.2) is 6.29 Å². The van der Waals surface area contributed by atoms with Gasteiger partial charge in [-0.25, -0.2) is 4.39 Å². The molecular weight excluding hydrogens is 294 g/mol. The van der Waals surface area contributed by atoms with E-state index in [0.29, 0.717) is 9.86 Å². The van der Waals surface area contributed by atoms with Crippen molar-refractivity contribution in [3.05, 3.63) is 32.1 Å². The minimum Gasteiger partial charge on any atom is -0.298 e. The summed E-state index contributed by atoms with van der Waals surface area (Å²) in [6.07, 6.45) is 4.69. The molecular formula is C11H10FIO. The summed E-state index contributed by atoms with van der Waals surface area (Å²) in [4.78, 5) is 10.8. The molecule has 0 saturated heterocycles. The molecule has 0 amide bonds. The Morgan fingerprint density at radius 2 is 2.07 bits per heavy atom. The van der Waals surface area contributed by atoms with Gasteiger partial charge >= 0.3 is 0 Å². The van der Waals surface area contributed by atoms with Crippen LogP contribution in [0.2, 0.25) is 0 Å². The van der Waals surface area contributed by atoms with E-state index < -0.39 is 0 Å². The van der Waals surface area contributed by atoms with Gasteiger partial charge in [0.2, 0.25) is 0 Å². The molecule has 0 bridgehead atoms. The Bertz CT molecular complexity index is 387. The summed E-state index contributed by atoms with van der Waals surface area (Å²) >= 11 is 1.95. The Kier molecular flexibility index (Phi) is 2.85. The summed E-state index contributed by atoms with van der Waals surface area (Å²) < 4.78 is 14.1. The average molecular weight is 304 g/mol. The summed E-state index contributed by atoms with van der Waals surface area (Å²) in [6.45, 7) is 0. The molecule has 0 aliphatic heterocycles. The Hall–Kier alpha value is -0.450. The number of hydrogen-bond acceptors (Lipinski definition) is 1. The first-order valence-corrected chi connectivity index (χ1v) is 5.77. The molecule has 0 spiro atoms. The zero-order chi connectivity index (χ0) is 10.1. The summed E-state index contributed by atoms with van der Waals surface area (Å²) in [5.41, 5.74) is 2.37. The average Bonchev–Trinajstić information content (AvgIpc) is 2.20. The van der Waals surface area contributed by atoms with Crippen LogP contribution < -0.4 is 0 Å². The molecule has 0 atom stereocenters. The molecule has 1 nitrogen and oxygen atoms in total. The highest BCUT2D eigenvalue weighted by Gasteiger charge is 2.18. The minimum atomic E-state index is -0.346. The molecule has 0 radical (unpaired) electrons. The summed E-state index contributed by atoms with van der Waals surface area (Å²) in [6, 6.07) is 1.87. The van der Waals surface area contributed by atoms with E-state index in [1.807, 2.05) is 28.7 Å². The molecule has 0 unspecified atom stereocenters. The van der Waals surface area contributed by atoms with E-state index in [1.54, 1.807) is 0 Å². The van der Waals surface area contributed by atoms with Gasteiger partial charge in [0.25, 0.3) is 0 Å². The van der Waals surface area contributed by atoms with Crippen LogP contribution in [0, 0.1) is 9.39 Å². The summed E-state index contributed by atoms with van der Waals surface area (Å²) in [5, 5.41) is 0. The number of fused-ring (bicyclic) bond motifs is 1. The van der Waals surface area contributed by atoms with Crippen LogP contribution in [0.25, 0.3) is 0 Å². The van der Waals surface area contributed by atoms with Gasteiger partial charge in [0.15, 0.2) is 6.29 Å². The maximum atomic E-state index is 13.6. The molecule has 3 heteroatoms. The fourth-order valence-corrected chi connectivity index (χ4v) is 2.66. The molecule has 74 valence electrons. The van der Waals surface area contributed by atoms with Gasteiger partial charge in [0.05, 0.1) is 5.56 Å². The van der Waals surface area contributed by atoms with Crippen LogP contribution in [0.3, 0.4) is 0 Å². The SMILES string of the molecule is O=Cc1c(F)c(I)cc2c1CCCC2. The van der Waals surface area contributed by atoms with Gasteiger partial charge in [0.1, 0.15) is 5.82 Å². The van der Waals surface area contributed by atoms with E-state index >= 15 is 0 Å². The molecule has 0 N–H and O–H groups in total. The van der Waals surface area contributed by atoms with E-state index in [1.165, 1.54) is 0 Å². The number of aldehydes is 1. The van der Waals surface area contributed by atoms with Crippen LogP contribution in [0.5, 0.6) is 0 Å². The Labute approximate surface area is 95.8 Å². The number of rotatable bonds is 1. The molecule has 1 aromatic rings. The molecule has 14 heavy (non-hydrogen) atoms. The van der Waals surface area contributed by atoms with E-state index in [9.17, 15) is 9.18 Å². The Morgan fingerprint density at radius 3 is 2.79 bits per heavy atom. The van der Waals surface area contributed by atoms with E-state index in [4.69, 9.17) is 0 Å². The Balaban J connectivity index is 2.65. The third kappa shape index (κ3) is 1.58. The third-order valence-electron chi connectivity index (χ3n) is 2.70. The first-order chi connectivity index (χ1) is 6.74. The highest BCUT2D eigenvalue weighted by molar-refractivity contribution is 14.1. The lowest BCUT2D eigenvalue weighted by atomic mass is 9.88. The van der Waals surface area contributed by atoms with Gasteiger partial charge in [-0.2, -0.15) is 0 Å². The van der Waals surface area contributed by atoms with Gasteiger partial charge in [0, 0.05) is 3.57 Å². The first kappa shape index (κ1) is 10.1. The lowest BCUT2D eigenvalue weighted by molar-refractivity contribution is 0.111. The number of halogens is 2. The lowest BCUT2D eigenvalue weighted by Crippen LogP contribution is -2.09. The van der Waals surface area contributed by atoms with Gasteiger partial charge in [-0.3, -0.25) is 4.79 Å². The molecule has 0 aromatic heterocycles. The van der Waals surface area contributed by atoms with Crippen molar-refractivity contribution in [1.29, 1.82) is 0 Å². The fraction of sp³-hybridized carbons (Fsp3) is 0.364. The maximum Gasteiger partial charge on any atom is 0.153 e. The number of carbonyl (C=O) groups excluding carboxylic acids is 1. The van der Waals surface area contributed by atoms with Gasteiger partial charge in [-0.15, -0.1) is 0 Å². The van der Waals surface area contributed by atoms with Crippen molar-refractivity contribution in [3.63, 3.8) is 0 Å². The molecule has 0 saturated carbocycles. The molecule has 1 aliphatic rings. The second-order valence-corrected chi connectivity index (χ2v) is 4.71. The van der Waals surface area contributed by atoms with Crippen molar-refractivity contribution in [2.45, 2.75) is 25.7 Å². The molecule has 0 heterocycles. The number of hydrogen-bond donors (Lipinski definition) is 0. The second kappa shape index (κ2) is 3.96. The van der Waals surface area contributed by atoms with Crippen molar-refractivity contribution in [1.82, 2.24) is 0 Å². The fourth-order valence-electron chi connectivity index (χ4n) is 2.00. The molecule has 1 aromatic carbocycles. The van der Waals surface area contributed by atoms with Crippen LogP contribution >= 0.6 is 22.6 Å². The second-order valence-electron chi connectivity index (χ2n) is 3.55. The minimum absolute atomic E-state index is 0.284. The van der Waals surface area contributed by atoms with E-state index in [0.717, 1.165) is 36.8 Å². The predicted octanol–water partition coefficient (Wildman–Crippen LogP) is 3.12. The topological polar surface area (TPSA) is 17.1 Å². The highest BCUT2D eigenvalue weighted by atomic mass is 127. The Morgan fingerprint density at radius 1 is 1.36 bits per heavy atom. The van der Waals surface area contributed by atoms with E-state index in [2.05, 4.69) is 0 Å². The third-order valence-corrected chi connectivity index (χ3v) is 3.49.